The lowest BCUT2D eigenvalue weighted by Gasteiger charge is -2.24. The van der Waals surface area contributed by atoms with Crippen LogP contribution in [0.1, 0.15) is 85.0 Å². The summed E-state index contributed by atoms with van der Waals surface area (Å²) in [7, 11) is 0. The van der Waals surface area contributed by atoms with Crippen LogP contribution in [0.2, 0.25) is 0 Å². The predicted molar refractivity (Wildman–Crippen MR) is 138 cm³/mol. The molecule has 1 aliphatic carbocycles. The van der Waals surface area contributed by atoms with Crippen LogP contribution in [0.15, 0.2) is 12.1 Å². The molecule has 2 aromatic heterocycles. The highest BCUT2D eigenvalue weighted by molar-refractivity contribution is 5.97. The molecule has 6 heteroatoms. The van der Waals surface area contributed by atoms with Crippen LogP contribution in [-0.4, -0.2) is 40.2 Å². The van der Waals surface area contributed by atoms with Gasteiger partial charge in [0.05, 0.1) is 17.7 Å². The second-order valence-electron chi connectivity index (χ2n) is 9.49. The number of hydrogen-bond donors (Lipinski definition) is 0. The Kier molecular flexibility index (Phi) is 7.24. The number of hydrogen-bond acceptors (Lipinski definition) is 5. The van der Waals surface area contributed by atoms with Crippen molar-refractivity contribution in [2.45, 2.75) is 80.1 Å². The maximum absolute atomic E-state index is 12.9. The summed E-state index contributed by atoms with van der Waals surface area (Å²) < 4.78 is 7.68. The van der Waals surface area contributed by atoms with Gasteiger partial charge in [-0.2, -0.15) is 0 Å². The van der Waals surface area contributed by atoms with Crippen LogP contribution >= 0.6 is 0 Å². The summed E-state index contributed by atoms with van der Waals surface area (Å²) in [6.07, 6.45) is 6.38. The third kappa shape index (κ3) is 4.30. The Hall–Kier alpha value is -2.89. The minimum atomic E-state index is -0.457. The molecule has 0 bridgehead atoms. The van der Waals surface area contributed by atoms with E-state index in [9.17, 15) is 4.79 Å². The molecule has 0 radical (unpaired) electrons. The lowest BCUT2D eigenvalue weighted by Crippen LogP contribution is -2.27. The molecule has 4 rings (SSSR count). The summed E-state index contributed by atoms with van der Waals surface area (Å²) in [6.45, 7) is 14.8. The predicted octanol–water partition coefficient (Wildman–Crippen LogP) is 6.03. The van der Waals surface area contributed by atoms with Crippen LogP contribution in [0.3, 0.4) is 0 Å². The summed E-state index contributed by atoms with van der Waals surface area (Å²) in [5.41, 5.74) is 8.38. The largest absolute Gasteiger partial charge is 0.460 e. The first-order chi connectivity index (χ1) is 16.4. The number of carbonyl (C=O) groups excluding carboxylic acids is 1. The van der Waals surface area contributed by atoms with E-state index in [0.717, 1.165) is 62.0 Å². The van der Waals surface area contributed by atoms with E-state index in [1.54, 1.807) is 0 Å². The fourth-order valence-corrected chi connectivity index (χ4v) is 5.55. The molecule has 2 heterocycles. The quantitative estimate of drug-likeness (QED) is 0.383. The van der Waals surface area contributed by atoms with Crippen LogP contribution in [0.25, 0.3) is 16.7 Å². The number of rotatable bonds is 8. The molecule has 0 saturated carbocycles. The Labute approximate surface area is 203 Å². The molecule has 0 unspecified atom stereocenters. The molecule has 0 spiro atoms. The normalized spacial score (nSPS) is 13.2. The molecule has 0 amide bonds. The Bertz CT molecular complexity index is 1180. The van der Waals surface area contributed by atoms with E-state index < -0.39 is 5.97 Å². The molecule has 6 nitrogen and oxygen atoms in total. The molecule has 0 atom stereocenters. The SMILES string of the molecule is CCCN(CCC)c1nc(C(=O)OCC)nc2c1c1c(n2-c2c(C)cc(C)cc2C)CCCC1. The zero-order chi connectivity index (χ0) is 24.4. The fraction of sp³-hybridized carbons (Fsp3) is 0.536. The second-order valence-corrected chi connectivity index (χ2v) is 9.49. The van der Waals surface area contributed by atoms with Gasteiger partial charge in [-0.15, -0.1) is 0 Å². The molecule has 182 valence electrons. The summed E-state index contributed by atoms with van der Waals surface area (Å²) >= 11 is 0. The number of anilines is 1. The molecule has 0 saturated heterocycles. The van der Waals surface area contributed by atoms with Crippen LogP contribution in [0.5, 0.6) is 0 Å². The monoisotopic (exact) mass is 462 g/mol. The lowest BCUT2D eigenvalue weighted by molar-refractivity contribution is 0.0512. The van der Waals surface area contributed by atoms with E-state index in [2.05, 4.69) is 56.2 Å². The molecular weight excluding hydrogens is 424 g/mol. The average molecular weight is 463 g/mol. The van der Waals surface area contributed by atoms with Crippen LogP contribution in [-0.2, 0) is 17.6 Å². The summed E-state index contributed by atoms with van der Waals surface area (Å²) in [4.78, 5) is 25.0. The van der Waals surface area contributed by atoms with E-state index >= 15 is 0 Å². The van der Waals surface area contributed by atoms with Gasteiger partial charge in [-0.25, -0.2) is 14.8 Å². The Morgan fingerprint density at radius 3 is 2.26 bits per heavy atom. The van der Waals surface area contributed by atoms with Crippen molar-refractivity contribution >= 4 is 22.8 Å². The zero-order valence-corrected chi connectivity index (χ0v) is 21.6. The van der Waals surface area contributed by atoms with Gasteiger partial charge < -0.3 is 9.64 Å². The van der Waals surface area contributed by atoms with Gasteiger partial charge in [-0.05, 0) is 82.9 Å². The zero-order valence-electron chi connectivity index (χ0n) is 21.6. The van der Waals surface area contributed by atoms with E-state index in [1.807, 2.05) is 6.92 Å². The van der Waals surface area contributed by atoms with Crippen LogP contribution in [0, 0.1) is 20.8 Å². The number of carbonyl (C=O) groups is 1. The van der Waals surface area contributed by atoms with Gasteiger partial charge >= 0.3 is 5.97 Å². The van der Waals surface area contributed by atoms with E-state index in [4.69, 9.17) is 14.7 Å². The summed E-state index contributed by atoms with van der Waals surface area (Å²) in [6, 6.07) is 4.47. The highest BCUT2D eigenvalue weighted by atomic mass is 16.5. The van der Waals surface area contributed by atoms with Crippen LogP contribution in [0.4, 0.5) is 5.82 Å². The third-order valence-electron chi connectivity index (χ3n) is 6.70. The standard InChI is InChI=1S/C28H38N4O2/c1-7-14-31(15-8-2)26-23-21-12-10-11-13-22(21)32(24-19(5)16-18(4)17-20(24)6)27(23)30-25(29-26)28(33)34-9-3/h16-17H,7-15H2,1-6H3. The van der Waals surface area contributed by atoms with Crippen molar-refractivity contribution in [3.63, 3.8) is 0 Å². The first-order valence-corrected chi connectivity index (χ1v) is 12.9. The number of aromatic nitrogens is 3. The molecule has 1 aromatic carbocycles. The summed E-state index contributed by atoms with van der Waals surface area (Å²) in [5.74, 6) is 0.581. The highest BCUT2D eigenvalue weighted by Gasteiger charge is 2.29. The van der Waals surface area contributed by atoms with Gasteiger partial charge in [0.15, 0.2) is 5.65 Å². The van der Waals surface area contributed by atoms with Gasteiger partial charge in [0.2, 0.25) is 5.82 Å². The molecule has 0 fully saturated rings. The molecular formula is C28H38N4O2. The maximum Gasteiger partial charge on any atom is 0.376 e. The number of nitrogens with zero attached hydrogens (tertiary/aromatic N) is 4. The maximum atomic E-state index is 12.9. The number of fused-ring (bicyclic) bond motifs is 3. The molecule has 34 heavy (non-hydrogen) atoms. The van der Waals surface area contributed by atoms with E-state index in [-0.39, 0.29) is 5.82 Å². The van der Waals surface area contributed by atoms with Crippen molar-refractivity contribution < 1.29 is 9.53 Å². The van der Waals surface area contributed by atoms with Gasteiger partial charge in [0, 0.05) is 18.8 Å². The first-order valence-electron chi connectivity index (χ1n) is 12.9. The van der Waals surface area contributed by atoms with Gasteiger partial charge in [-0.3, -0.25) is 4.57 Å². The van der Waals surface area contributed by atoms with Crippen molar-refractivity contribution in [2.24, 2.45) is 0 Å². The Morgan fingerprint density at radius 1 is 1.00 bits per heavy atom. The second kappa shape index (κ2) is 10.2. The number of ether oxygens (including phenoxy) is 1. The van der Waals surface area contributed by atoms with Crippen LogP contribution < -0.4 is 4.90 Å². The lowest BCUT2D eigenvalue weighted by atomic mass is 9.95. The fourth-order valence-electron chi connectivity index (χ4n) is 5.55. The van der Waals surface area contributed by atoms with Crippen molar-refractivity contribution in [3.8, 4) is 5.69 Å². The molecule has 0 aliphatic heterocycles. The highest BCUT2D eigenvalue weighted by Crippen LogP contribution is 2.40. The van der Waals surface area contributed by atoms with Crippen molar-refractivity contribution in [1.29, 1.82) is 0 Å². The number of esters is 1. The smallest absolute Gasteiger partial charge is 0.376 e. The third-order valence-corrected chi connectivity index (χ3v) is 6.70. The van der Waals surface area contributed by atoms with Gasteiger partial charge in [0.25, 0.3) is 0 Å². The molecule has 0 N–H and O–H groups in total. The van der Waals surface area contributed by atoms with Gasteiger partial charge in [0.1, 0.15) is 5.82 Å². The minimum absolute atomic E-state index is 0.153. The van der Waals surface area contributed by atoms with Gasteiger partial charge in [-0.1, -0.05) is 31.5 Å². The van der Waals surface area contributed by atoms with Crippen molar-refractivity contribution in [3.05, 3.63) is 45.9 Å². The molecule has 3 aromatic rings. The Balaban J connectivity index is 2.12. The molecule has 1 aliphatic rings. The minimum Gasteiger partial charge on any atom is -0.460 e. The summed E-state index contributed by atoms with van der Waals surface area (Å²) in [5, 5.41) is 1.11. The first kappa shape index (κ1) is 24.2. The number of aryl methyl sites for hydroxylation is 4. The van der Waals surface area contributed by atoms with E-state index in [0.29, 0.717) is 6.61 Å². The topological polar surface area (TPSA) is 60.3 Å². The van der Waals surface area contributed by atoms with E-state index in [1.165, 1.54) is 40.1 Å². The van der Waals surface area contributed by atoms with Crippen molar-refractivity contribution in [1.82, 2.24) is 14.5 Å². The van der Waals surface area contributed by atoms with Crippen molar-refractivity contribution in [2.75, 3.05) is 24.6 Å². The number of benzene rings is 1. The Morgan fingerprint density at radius 2 is 1.65 bits per heavy atom. The average Bonchev–Trinajstić information content (AvgIpc) is 3.12.